The van der Waals surface area contributed by atoms with E-state index in [1.165, 1.54) is 18.6 Å². The summed E-state index contributed by atoms with van der Waals surface area (Å²) in [4.78, 5) is 4.36. The molecule has 0 aromatic rings. The molecule has 2 atom stereocenters. The van der Waals surface area contributed by atoms with Crippen molar-refractivity contribution in [2.75, 3.05) is 18.8 Å². The Hall–Kier alpha value is -0.380. The Labute approximate surface area is 83.8 Å². The van der Waals surface area contributed by atoms with Crippen LogP contribution in [-0.4, -0.2) is 36.1 Å². The van der Waals surface area contributed by atoms with Crippen molar-refractivity contribution in [3.8, 4) is 0 Å². The Morgan fingerprint density at radius 1 is 1.69 bits per heavy atom. The molecule has 0 bridgehead atoms. The van der Waals surface area contributed by atoms with Gasteiger partial charge < -0.3 is 10.6 Å². The van der Waals surface area contributed by atoms with Gasteiger partial charge in [-0.25, -0.2) is 0 Å². The third kappa shape index (κ3) is 2.53. The summed E-state index contributed by atoms with van der Waals surface area (Å²) in [7, 11) is 0. The molecule has 2 heterocycles. The van der Waals surface area contributed by atoms with Crippen LogP contribution in [0.3, 0.4) is 0 Å². The predicted octanol–water partition coefficient (Wildman–Crippen LogP) is 0.819. The summed E-state index contributed by atoms with van der Waals surface area (Å²) in [6, 6.07) is 0.513. The maximum atomic E-state index is 4.36. The summed E-state index contributed by atoms with van der Waals surface area (Å²) < 4.78 is 0. The van der Waals surface area contributed by atoms with Crippen molar-refractivity contribution in [3.63, 3.8) is 0 Å². The topological polar surface area (TPSA) is 36.4 Å². The van der Waals surface area contributed by atoms with Crippen LogP contribution in [0.5, 0.6) is 0 Å². The van der Waals surface area contributed by atoms with Crippen molar-refractivity contribution < 1.29 is 0 Å². The first kappa shape index (κ1) is 9.19. The molecular weight excluding hydrogens is 182 g/mol. The smallest absolute Gasteiger partial charge is 0.191 e. The number of rotatable bonds is 2. The summed E-state index contributed by atoms with van der Waals surface area (Å²) in [5.41, 5.74) is 0. The highest BCUT2D eigenvalue weighted by Gasteiger charge is 2.17. The van der Waals surface area contributed by atoms with E-state index < -0.39 is 0 Å². The van der Waals surface area contributed by atoms with Crippen LogP contribution in [0, 0.1) is 0 Å². The molecule has 2 rings (SSSR count). The van der Waals surface area contributed by atoms with Crippen LogP contribution in [0.2, 0.25) is 0 Å². The summed E-state index contributed by atoms with van der Waals surface area (Å²) >= 11 is 2.08. The molecule has 0 radical (unpaired) electrons. The molecular formula is C9H17N3S. The molecule has 0 saturated carbocycles. The second kappa shape index (κ2) is 4.22. The molecule has 2 aliphatic heterocycles. The standard InChI is InChI=1S/C9H17N3S/c1-7-5-10-9(12-7)11-6-8-3-2-4-13-8/h7-8H,2-6H2,1H3,(H2,10,11,12). The molecule has 0 aromatic carbocycles. The maximum Gasteiger partial charge on any atom is 0.191 e. The highest BCUT2D eigenvalue weighted by molar-refractivity contribution is 8.00. The van der Waals surface area contributed by atoms with Crippen LogP contribution in [0.15, 0.2) is 4.99 Å². The predicted molar refractivity (Wildman–Crippen MR) is 58.4 cm³/mol. The van der Waals surface area contributed by atoms with Crippen LogP contribution in [0.25, 0.3) is 0 Å². The van der Waals surface area contributed by atoms with E-state index in [-0.39, 0.29) is 0 Å². The van der Waals surface area contributed by atoms with Gasteiger partial charge in [-0.15, -0.1) is 0 Å². The van der Waals surface area contributed by atoms with Crippen LogP contribution < -0.4 is 10.6 Å². The molecule has 2 N–H and O–H groups in total. The van der Waals surface area contributed by atoms with Gasteiger partial charge in [0.2, 0.25) is 0 Å². The Morgan fingerprint density at radius 3 is 3.23 bits per heavy atom. The number of guanidine groups is 1. The van der Waals surface area contributed by atoms with Crippen molar-refractivity contribution in [2.24, 2.45) is 4.99 Å². The molecule has 3 nitrogen and oxygen atoms in total. The Balaban J connectivity index is 1.67. The molecule has 1 saturated heterocycles. The second-order valence-electron chi connectivity index (χ2n) is 3.75. The minimum absolute atomic E-state index is 0.513. The fourth-order valence-electron chi connectivity index (χ4n) is 1.68. The van der Waals surface area contributed by atoms with Gasteiger partial charge in [-0.1, -0.05) is 0 Å². The van der Waals surface area contributed by atoms with E-state index >= 15 is 0 Å². The first-order valence-corrected chi connectivity index (χ1v) is 6.06. The highest BCUT2D eigenvalue weighted by Crippen LogP contribution is 2.25. The van der Waals surface area contributed by atoms with Crippen molar-refractivity contribution in [1.29, 1.82) is 0 Å². The largest absolute Gasteiger partial charge is 0.355 e. The molecule has 13 heavy (non-hydrogen) atoms. The van der Waals surface area contributed by atoms with Crippen molar-refractivity contribution in [2.45, 2.75) is 31.1 Å². The lowest BCUT2D eigenvalue weighted by atomic mass is 10.2. The average molecular weight is 199 g/mol. The number of nitrogens with zero attached hydrogens (tertiary/aromatic N) is 1. The first-order valence-electron chi connectivity index (χ1n) is 5.01. The molecule has 4 heteroatoms. The molecule has 0 aromatic heterocycles. The second-order valence-corrected chi connectivity index (χ2v) is 5.16. The summed E-state index contributed by atoms with van der Waals surface area (Å²) in [6.45, 7) is 4.14. The maximum absolute atomic E-state index is 4.36. The van der Waals surface area contributed by atoms with Gasteiger partial charge in [-0.3, -0.25) is 4.99 Å². The Bertz CT molecular complexity index is 199. The summed E-state index contributed by atoms with van der Waals surface area (Å²) in [5, 5.41) is 7.49. The molecule has 74 valence electrons. The minimum Gasteiger partial charge on any atom is -0.355 e. The van der Waals surface area contributed by atoms with Crippen molar-refractivity contribution >= 4 is 17.7 Å². The van der Waals surface area contributed by atoms with E-state index in [1.54, 1.807) is 0 Å². The molecule has 0 amide bonds. The normalized spacial score (nSPS) is 32.8. The average Bonchev–Trinajstić information content (AvgIpc) is 2.71. The van der Waals surface area contributed by atoms with Gasteiger partial charge in [0.1, 0.15) is 0 Å². The van der Waals surface area contributed by atoms with E-state index in [1.807, 2.05) is 0 Å². The number of thioether (sulfide) groups is 1. The summed E-state index contributed by atoms with van der Waals surface area (Å²) in [5.74, 6) is 2.34. The summed E-state index contributed by atoms with van der Waals surface area (Å²) in [6.07, 6.45) is 2.74. The third-order valence-corrected chi connectivity index (χ3v) is 3.83. The van der Waals surface area contributed by atoms with Gasteiger partial charge in [0.25, 0.3) is 0 Å². The van der Waals surface area contributed by atoms with Gasteiger partial charge in [0.15, 0.2) is 5.96 Å². The number of hydrogen-bond acceptors (Lipinski definition) is 4. The number of nitrogens with one attached hydrogen (secondary N) is 2. The van der Waals surface area contributed by atoms with Crippen molar-refractivity contribution in [1.82, 2.24) is 10.6 Å². The van der Waals surface area contributed by atoms with Gasteiger partial charge in [-0.2, -0.15) is 11.8 Å². The Morgan fingerprint density at radius 2 is 2.62 bits per heavy atom. The monoisotopic (exact) mass is 199 g/mol. The van der Waals surface area contributed by atoms with Gasteiger partial charge in [0.05, 0.1) is 6.54 Å². The van der Waals surface area contributed by atoms with Crippen molar-refractivity contribution in [3.05, 3.63) is 0 Å². The van der Waals surface area contributed by atoms with Gasteiger partial charge in [0, 0.05) is 17.8 Å². The number of aliphatic imine (C=N–C) groups is 1. The first-order chi connectivity index (χ1) is 6.34. The molecule has 0 spiro atoms. The van der Waals surface area contributed by atoms with Crippen LogP contribution in [0.4, 0.5) is 0 Å². The zero-order valence-electron chi connectivity index (χ0n) is 8.05. The van der Waals surface area contributed by atoms with E-state index in [0.29, 0.717) is 6.04 Å². The van der Waals surface area contributed by atoms with Gasteiger partial charge in [-0.05, 0) is 25.5 Å². The zero-order chi connectivity index (χ0) is 9.10. The SMILES string of the molecule is CC1CN=C(NCC2CCCS2)N1. The van der Waals surface area contributed by atoms with Crippen LogP contribution in [-0.2, 0) is 0 Å². The fourth-order valence-corrected chi connectivity index (χ4v) is 2.88. The third-order valence-electron chi connectivity index (χ3n) is 2.43. The van der Waals surface area contributed by atoms with E-state index in [0.717, 1.165) is 24.3 Å². The van der Waals surface area contributed by atoms with E-state index in [4.69, 9.17) is 0 Å². The lowest BCUT2D eigenvalue weighted by molar-refractivity contribution is 0.700. The Kier molecular flexibility index (Phi) is 2.98. The lowest BCUT2D eigenvalue weighted by Gasteiger charge is -2.12. The fraction of sp³-hybridized carbons (Fsp3) is 0.889. The molecule has 2 unspecified atom stereocenters. The highest BCUT2D eigenvalue weighted by atomic mass is 32.2. The molecule has 2 aliphatic rings. The quantitative estimate of drug-likeness (QED) is 0.691. The van der Waals surface area contributed by atoms with Crippen LogP contribution >= 0.6 is 11.8 Å². The zero-order valence-corrected chi connectivity index (χ0v) is 8.86. The lowest BCUT2D eigenvalue weighted by Crippen LogP contribution is -2.40. The van der Waals surface area contributed by atoms with E-state index in [2.05, 4.69) is 34.3 Å². The van der Waals surface area contributed by atoms with E-state index in [9.17, 15) is 0 Å². The number of hydrogen-bond donors (Lipinski definition) is 2. The van der Waals surface area contributed by atoms with Gasteiger partial charge >= 0.3 is 0 Å². The van der Waals surface area contributed by atoms with Crippen LogP contribution in [0.1, 0.15) is 19.8 Å². The molecule has 0 aliphatic carbocycles. The molecule has 1 fully saturated rings. The minimum atomic E-state index is 0.513.